The quantitative estimate of drug-likeness (QED) is 0.795. The second kappa shape index (κ2) is 6.05. The van der Waals surface area contributed by atoms with Crippen LogP contribution in [0.1, 0.15) is 45.2 Å². The molecule has 0 aromatic carbocycles. The van der Waals surface area contributed by atoms with Gasteiger partial charge in [0.05, 0.1) is 11.9 Å². The Kier molecular flexibility index (Phi) is 4.30. The summed E-state index contributed by atoms with van der Waals surface area (Å²) in [6.07, 6.45) is 5.47. The van der Waals surface area contributed by atoms with E-state index in [-0.39, 0.29) is 16.7 Å². The lowest BCUT2D eigenvalue weighted by Crippen LogP contribution is -2.45. The van der Waals surface area contributed by atoms with Crippen LogP contribution in [0, 0.1) is 5.41 Å². The van der Waals surface area contributed by atoms with Gasteiger partial charge < -0.3 is 4.90 Å². The van der Waals surface area contributed by atoms with E-state index in [1.165, 1.54) is 17.0 Å². The van der Waals surface area contributed by atoms with Crippen LogP contribution in [0.2, 0.25) is 0 Å². The normalized spacial score (nSPS) is 19.4. The topological polar surface area (TPSA) is 97.5 Å². The molecule has 1 saturated heterocycles. The van der Waals surface area contributed by atoms with E-state index >= 15 is 0 Å². The average Bonchev–Trinajstić information content (AvgIpc) is 3.00. The van der Waals surface area contributed by atoms with E-state index in [0.717, 1.165) is 19.1 Å². The summed E-state index contributed by atoms with van der Waals surface area (Å²) in [4.78, 5) is 22.8. The molecule has 3 rings (SSSR count). The van der Waals surface area contributed by atoms with Crippen LogP contribution in [0.4, 0.5) is 0 Å². The van der Waals surface area contributed by atoms with Crippen LogP contribution in [-0.2, 0) is 14.6 Å². The van der Waals surface area contributed by atoms with E-state index < -0.39 is 15.3 Å². The molecular weight excluding hydrogens is 342 g/mol. The summed E-state index contributed by atoms with van der Waals surface area (Å²) in [6, 6.07) is 0. The minimum absolute atomic E-state index is 0.0713. The number of likely N-dealkylation sites (tertiary alicyclic amines) is 1. The summed E-state index contributed by atoms with van der Waals surface area (Å²) in [6.45, 7) is 6.83. The van der Waals surface area contributed by atoms with Gasteiger partial charge in [-0.3, -0.25) is 4.79 Å². The van der Waals surface area contributed by atoms with Crippen molar-refractivity contribution in [1.29, 1.82) is 0 Å². The van der Waals surface area contributed by atoms with Crippen LogP contribution in [0.3, 0.4) is 0 Å². The van der Waals surface area contributed by atoms with E-state index in [4.69, 9.17) is 0 Å². The van der Waals surface area contributed by atoms with Crippen molar-refractivity contribution in [1.82, 2.24) is 24.5 Å². The molecule has 1 amide bonds. The number of aromatic nitrogens is 4. The van der Waals surface area contributed by atoms with Crippen LogP contribution >= 0.6 is 0 Å². The predicted molar refractivity (Wildman–Crippen MR) is 91.9 cm³/mol. The minimum atomic E-state index is -3.47. The Morgan fingerprint density at radius 2 is 2.00 bits per heavy atom. The smallest absolute Gasteiger partial charge is 0.252 e. The molecule has 3 heterocycles. The first-order valence-electron chi connectivity index (χ1n) is 8.27. The van der Waals surface area contributed by atoms with Crippen molar-refractivity contribution in [3.05, 3.63) is 18.2 Å². The third-order valence-corrected chi connectivity index (χ3v) is 5.56. The number of carbonyl (C=O) groups is 1. The highest BCUT2D eigenvalue weighted by Crippen LogP contribution is 2.32. The van der Waals surface area contributed by atoms with Crippen molar-refractivity contribution in [2.45, 2.75) is 44.4 Å². The molecule has 1 aliphatic rings. The van der Waals surface area contributed by atoms with Gasteiger partial charge in [0.2, 0.25) is 5.91 Å². The number of nitrogens with zero attached hydrogens (tertiary/aromatic N) is 5. The fraction of sp³-hybridized carbons (Fsp3) is 0.625. The molecule has 136 valence electrons. The molecule has 25 heavy (non-hydrogen) atoms. The van der Waals surface area contributed by atoms with Gasteiger partial charge in [-0.1, -0.05) is 20.8 Å². The first-order valence-corrected chi connectivity index (χ1v) is 10.2. The van der Waals surface area contributed by atoms with Crippen LogP contribution in [0.15, 0.2) is 17.4 Å². The largest absolute Gasteiger partial charge is 0.342 e. The molecule has 9 heteroatoms. The van der Waals surface area contributed by atoms with Gasteiger partial charge in [0, 0.05) is 30.7 Å². The van der Waals surface area contributed by atoms with Crippen molar-refractivity contribution in [3.8, 4) is 0 Å². The second-order valence-electron chi connectivity index (χ2n) is 7.59. The summed E-state index contributed by atoms with van der Waals surface area (Å²) in [5, 5.41) is 4.16. The lowest BCUT2D eigenvalue weighted by Gasteiger charge is -2.36. The summed E-state index contributed by atoms with van der Waals surface area (Å²) in [7, 11) is -3.47. The molecule has 1 aliphatic heterocycles. The number of piperidine rings is 1. The summed E-state index contributed by atoms with van der Waals surface area (Å²) in [5.41, 5.74) is 0.0963. The summed E-state index contributed by atoms with van der Waals surface area (Å²) < 4.78 is 26.0. The Hall–Kier alpha value is -2.03. The van der Waals surface area contributed by atoms with Gasteiger partial charge >= 0.3 is 0 Å². The van der Waals surface area contributed by atoms with E-state index in [9.17, 15) is 13.2 Å². The van der Waals surface area contributed by atoms with Gasteiger partial charge in [-0.2, -0.15) is 14.6 Å². The number of hydrogen-bond acceptors (Lipinski definition) is 6. The number of fused-ring (bicyclic) bond motifs is 1. The number of rotatable bonds is 2. The number of hydrogen-bond donors (Lipinski definition) is 0. The average molecular weight is 365 g/mol. The number of amides is 1. The molecule has 0 bridgehead atoms. The van der Waals surface area contributed by atoms with Crippen molar-refractivity contribution < 1.29 is 13.2 Å². The zero-order valence-electron chi connectivity index (χ0n) is 14.9. The Balaban J connectivity index is 2.06. The molecular formula is C16H23N5O3S. The van der Waals surface area contributed by atoms with Gasteiger partial charge in [0.25, 0.3) is 5.78 Å². The summed E-state index contributed by atoms with van der Waals surface area (Å²) in [5.74, 6) is 0.306. The maximum absolute atomic E-state index is 12.7. The lowest BCUT2D eigenvalue weighted by atomic mass is 9.90. The number of carbonyl (C=O) groups excluding carboxylic acids is 1. The van der Waals surface area contributed by atoms with Gasteiger partial charge in [0.15, 0.2) is 9.84 Å². The van der Waals surface area contributed by atoms with E-state index in [1.807, 2.05) is 25.7 Å². The van der Waals surface area contributed by atoms with E-state index in [1.54, 1.807) is 0 Å². The SMILES string of the molecule is CC(C)(C)C(=O)N1CCC[C@@H](c2c(S(C)(=O)=O)cnc3ncnn23)C1. The third-order valence-electron chi connectivity index (χ3n) is 4.44. The molecule has 8 nitrogen and oxygen atoms in total. The zero-order valence-corrected chi connectivity index (χ0v) is 15.7. The maximum Gasteiger partial charge on any atom is 0.252 e. The van der Waals surface area contributed by atoms with Crippen molar-refractivity contribution in [2.75, 3.05) is 19.3 Å². The highest BCUT2D eigenvalue weighted by molar-refractivity contribution is 7.90. The first kappa shape index (κ1) is 17.8. The monoisotopic (exact) mass is 365 g/mol. The van der Waals surface area contributed by atoms with Crippen LogP contribution in [-0.4, -0.2) is 58.2 Å². The predicted octanol–water partition coefficient (Wildman–Crippen LogP) is 1.28. The second-order valence-corrected chi connectivity index (χ2v) is 9.58. The van der Waals surface area contributed by atoms with Gasteiger partial charge in [0.1, 0.15) is 11.2 Å². The molecule has 0 spiro atoms. The third kappa shape index (κ3) is 3.37. The molecule has 0 unspecified atom stereocenters. The first-order chi connectivity index (χ1) is 11.6. The molecule has 0 radical (unpaired) electrons. The maximum atomic E-state index is 12.7. The molecule has 0 saturated carbocycles. The zero-order chi connectivity index (χ0) is 18.4. The van der Waals surface area contributed by atoms with Gasteiger partial charge in [-0.05, 0) is 12.8 Å². The van der Waals surface area contributed by atoms with Crippen LogP contribution in [0.25, 0.3) is 5.78 Å². The Morgan fingerprint density at radius 3 is 2.64 bits per heavy atom. The lowest BCUT2D eigenvalue weighted by molar-refractivity contribution is -0.140. The number of sulfone groups is 1. The molecule has 0 N–H and O–H groups in total. The van der Waals surface area contributed by atoms with E-state index in [2.05, 4.69) is 15.1 Å². The van der Waals surface area contributed by atoms with Crippen molar-refractivity contribution in [2.24, 2.45) is 5.41 Å². The molecule has 2 aromatic rings. The highest BCUT2D eigenvalue weighted by Gasteiger charge is 2.34. The molecule has 2 aromatic heterocycles. The Bertz CT molecular complexity index is 913. The van der Waals surface area contributed by atoms with Gasteiger partial charge in [-0.25, -0.2) is 13.4 Å². The molecule has 0 aliphatic carbocycles. The Morgan fingerprint density at radius 1 is 1.28 bits per heavy atom. The van der Waals surface area contributed by atoms with E-state index in [0.29, 0.717) is 24.6 Å². The van der Waals surface area contributed by atoms with Gasteiger partial charge in [-0.15, -0.1) is 0 Å². The highest BCUT2D eigenvalue weighted by atomic mass is 32.2. The fourth-order valence-electron chi connectivity index (χ4n) is 3.30. The van der Waals surface area contributed by atoms with Crippen LogP contribution in [0.5, 0.6) is 0 Å². The fourth-order valence-corrected chi connectivity index (χ4v) is 4.18. The minimum Gasteiger partial charge on any atom is -0.342 e. The Labute approximate surface area is 147 Å². The molecule has 1 atom stereocenters. The van der Waals surface area contributed by atoms with Crippen molar-refractivity contribution in [3.63, 3.8) is 0 Å². The molecule has 1 fully saturated rings. The standard InChI is InChI=1S/C16H23N5O3S/c1-16(2,3)14(22)20-7-5-6-11(9-20)13-12(25(4,23)24)8-17-15-18-10-19-21(13)15/h8,10-11H,5-7,9H2,1-4H3/t11-/m1/s1. The van der Waals surface area contributed by atoms with Crippen LogP contribution < -0.4 is 0 Å². The summed E-state index contributed by atoms with van der Waals surface area (Å²) >= 11 is 0. The van der Waals surface area contributed by atoms with Crippen molar-refractivity contribution >= 4 is 21.5 Å².